The van der Waals surface area contributed by atoms with E-state index in [1.165, 1.54) is 36.3 Å². The van der Waals surface area contributed by atoms with E-state index in [2.05, 4.69) is 34.2 Å². The van der Waals surface area contributed by atoms with Gasteiger partial charge in [0.15, 0.2) is 4.80 Å². The largest absolute Gasteiger partial charge is 0.497 e. The summed E-state index contributed by atoms with van der Waals surface area (Å²) in [5, 5.41) is 0. The Bertz CT molecular complexity index is 1510. The number of fused-ring (bicyclic) bond motifs is 1. The average Bonchev–Trinajstić information content (AvgIpc) is 3.23. The molecule has 0 amide bonds. The summed E-state index contributed by atoms with van der Waals surface area (Å²) < 4.78 is 13.0. The second-order valence-corrected chi connectivity index (χ2v) is 10.2. The van der Waals surface area contributed by atoms with Crippen molar-refractivity contribution < 1.29 is 14.3 Å². The molecule has 1 fully saturated rings. The summed E-state index contributed by atoms with van der Waals surface area (Å²) in [6, 6.07) is 15.1. The van der Waals surface area contributed by atoms with Crippen molar-refractivity contribution in [2.75, 3.05) is 31.7 Å². The number of piperidine rings is 1. The quantitative estimate of drug-likeness (QED) is 0.465. The molecular formula is C29H31N3O4S. The number of anilines is 1. The Morgan fingerprint density at radius 3 is 2.59 bits per heavy atom. The number of allylic oxidation sites excluding steroid dienone is 1. The van der Waals surface area contributed by atoms with E-state index >= 15 is 0 Å². The smallest absolute Gasteiger partial charge is 0.338 e. The fraction of sp³-hybridized carbons (Fsp3) is 0.345. The van der Waals surface area contributed by atoms with Crippen molar-refractivity contribution in [3.63, 3.8) is 0 Å². The lowest BCUT2D eigenvalue weighted by atomic mass is 9.95. The van der Waals surface area contributed by atoms with Crippen molar-refractivity contribution in [3.8, 4) is 5.75 Å². The Morgan fingerprint density at radius 1 is 1.14 bits per heavy atom. The summed E-state index contributed by atoms with van der Waals surface area (Å²) >= 11 is 1.33. The number of ether oxygens (including phenoxy) is 2. The molecule has 3 heterocycles. The van der Waals surface area contributed by atoms with E-state index in [4.69, 9.17) is 9.47 Å². The lowest BCUT2D eigenvalue weighted by Gasteiger charge is -2.28. The Kier molecular flexibility index (Phi) is 7.28. The van der Waals surface area contributed by atoms with Gasteiger partial charge < -0.3 is 14.4 Å². The maximum atomic E-state index is 13.8. The number of benzene rings is 2. The monoisotopic (exact) mass is 517 g/mol. The molecule has 1 atom stereocenters. The van der Waals surface area contributed by atoms with E-state index in [1.54, 1.807) is 25.5 Å². The van der Waals surface area contributed by atoms with Crippen molar-refractivity contribution in [1.82, 2.24) is 4.57 Å². The number of rotatable bonds is 6. The number of carbonyl (C=O) groups excluding carboxylic acids is 1. The second kappa shape index (κ2) is 10.8. The minimum absolute atomic E-state index is 0.189. The molecule has 1 aromatic heterocycles. The third-order valence-electron chi connectivity index (χ3n) is 6.84. The first-order chi connectivity index (χ1) is 18.0. The van der Waals surface area contributed by atoms with E-state index in [9.17, 15) is 9.59 Å². The predicted molar refractivity (Wildman–Crippen MR) is 146 cm³/mol. The summed E-state index contributed by atoms with van der Waals surface area (Å²) in [6.07, 6.45) is 5.65. The number of hydrogen-bond donors (Lipinski definition) is 0. The third-order valence-corrected chi connectivity index (χ3v) is 7.82. The minimum atomic E-state index is -0.658. The molecular weight excluding hydrogens is 486 g/mol. The van der Waals surface area contributed by atoms with Crippen LogP contribution in [0.1, 0.15) is 50.3 Å². The Hall–Kier alpha value is -3.65. The number of nitrogens with zero attached hydrogens (tertiary/aromatic N) is 3. The molecule has 0 N–H and O–H groups in total. The standard InChI is InChI=1S/C29H31N3O4S/c1-4-36-28(34)25-19(2)30-29-32(26(25)21-9-8-10-23(18-21)35-3)27(33)24(37-29)17-20-11-13-22(14-12-20)31-15-6-5-7-16-31/h8-14,17-18,26H,4-7,15-16H2,1-3H3/b24-17+/t26-/m0/s1. The Balaban J connectivity index is 1.59. The molecule has 2 aromatic carbocycles. The molecule has 37 heavy (non-hydrogen) atoms. The van der Waals surface area contributed by atoms with Crippen LogP contribution in [0.25, 0.3) is 6.08 Å². The van der Waals surface area contributed by atoms with Crippen molar-refractivity contribution in [2.45, 2.75) is 39.2 Å². The van der Waals surface area contributed by atoms with Gasteiger partial charge in [-0.2, -0.15) is 0 Å². The van der Waals surface area contributed by atoms with E-state index in [0.29, 0.717) is 26.4 Å². The predicted octanol–water partition coefficient (Wildman–Crippen LogP) is 3.80. The van der Waals surface area contributed by atoms with Crippen LogP contribution >= 0.6 is 11.3 Å². The van der Waals surface area contributed by atoms with Crippen molar-refractivity contribution in [2.24, 2.45) is 4.99 Å². The van der Waals surface area contributed by atoms with Gasteiger partial charge in [-0.15, -0.1) is 0 Å². The number of hydrogen-bond acceptors (Lipinski definition) is 7. The van der Waals surface area contributed by atoms with Crippen LogP contribution in [0.5, 0.6) is 5.75 Å². The SMILES string of the molecule is CCOC(=O)C1=C(C)N=c2s/c(=C/c3ccc(N4CCCCC4)cc3)c(=O)n2[C@H]1c1cccc(OC)c1. The number of thiazole rings is 1. The van der Waals surface area contributed by atoms with Gasteiger partial charge in [0.05, 0.1) is 35.6 Å². The first-order valence-corrected chi connectivity index (χ1v) is 13.5. The van der Waals surface area contributed by atoms with Gasteiger partial charge >= 0.3 is 5.97 Å². The molecule has 8 heteroatoms. The van der Waals surface area contributed by atoms with Crippen LogP contribution in [0.4, 0.5) is 5.69 Å². The van der Waals surface area contributed by atoms with Gasteiger partial charge in [-0.05, 0) is 74.6 Å². The maximum Gasteiger partial charge on any atom is 0.338 e. The average molecular weight is 518 g/mol. The second-order valence-electron chi connectivity index (χ2n) is 9.22. The van der Waals surface area contributed by atoms with E-state index in [0.717, 1.165) is 24.2 Å². The van der Waals surface area contributed by atoms with E-state index < -0.39 is 12.0 Å². The van der Waals surface area contributed by atoms with Gasteiger partial charge in [0, 0.05) is 18.8 Å². The summed E-state index contributed by atoms with van der Waals surface area (Å²) in [4.78, 5) is 34.4. The molecule has 7 nitrogen and oxygen atoms in total. The number of esters is 1. The third kappa shape index (κ3) is 4.98. The normalized spacial score (nSPS) is 17.9. The van der Waals surface area contributed by atoms with Gasteiger partial charge in [0.2, 0.25) is 0 Å². The van der Waals surface area contributed by atoms with Gasteiger partial charge in [0.25, 0.3) is 5.56 Å². The molecule has 0 unspecified atom stereocenters. The van der Waals surface area contributed by atoms with Crippen LogP contribution in [0.3, 0.4) is 0 Å². The fourth-order valence-electron chi connectivity index (χ4n) is 5.00. The molecule has 1 saturated heterocycles. The van der Waals surface area contributed by atoms with Crippen LogP contribution < -0.4 is 24.5 Å². The molecule has 2 aliphatic rings. The van der Waals surface area contributed by atoms with Gasteiger partial charge in [-0.25, -0.2) is 9.79 Å². The number of aromatic nitrogens is 1. The molecule has 0 spiro atoms. The zero-order chi connectivity index (χ0) is 25.9. The summed E-state index contributed by atoms with van der Waals surface area (Å²) in [7, 11) is 1.59. The van der Waals surface area contributed by atoms with Crippen LogP contribution in [-0.2, 0) is 9.53 Å². The van der Waals surface area contributed by atoms with Crippen molar-refractivity contribution in [3.05, 3.63) is 90.6 Å². The summed E-state index contributed by atoms with van der Waals surface area (Å²) in [5.41, 5.74) is 3.64. The van der Waals surface area contributed by atoms with Gasteiger partial charge in [0.1, 0.15) is 5.75 Å². The Labute approximate surface area is 220 Å². The van der Waals surface area contributed by atoms with Gasteiger partial charge in [-0.1, -0.05) is 35.6 Å². The molecule has 0 bridgehead atoms. The molecule has 192 valence electrons. The summed E-state index contributed by atoms with van der Waals surface area (Å²) in [6.45, 7) is 5.96. The lowest BCUT2D eigenvalue weighted by Crippen LogP contribution is -2.39. The van der Waals surface area contributed by atoms with Crippen molar-refractivity contribution in [1.29, 1.82) is 0 Å². The highest BCUT2D eigenvalue weighted by Crippen LogP contribution is 2.32. The van der Waals surface area contributed by atoms with Crippen LogP contribution in [-0.4, -0.2) is 37.3 Å². The Morgan fingerprint density at radius 2 is 1.89 bits per heavy atom. The number of methoxy groups -OCH3 is 1. The zero-order valence-electron chi connectivity index (χ0n) is 21.4. The van der Waals surface area contributed by atoms with Crippen LogP contribution in [0, 0.1) is 0 Å². The summed E-state index contributed by atoms with van der Waals surface area (Å²) in [5.74, 6) is 0.172. The molecule has 0 saturated carbocycles. The number of carbonyl (C=O) groups is 1. The van der Waals surface area contributed by atoms with Crippen LogP contribution in [0.2, 0.25) is 0 Å². The first kappa shape index (κ1) is 25.0. The topological polar surface area (TPSA) is 73.1 Å². The highest BCUT2D eigenvalue weighted by molar-refractivity contribution is 7.07. The van der Waals surface area contributed by atoms with Crippen molar-refractivity contribution >= 4 is 29.1 Å². The molecule has 0 radical (unpaired) electrons. The zero-order valence-corrected chi connectivity index (χ0v) is 22.2. The fourth-order valence-corrected chi connectivity index (χ4v) is 6.05. The molecule has 2 aliphatic heterocycles. The molecule has 3 aromatic rings. The molecule has 0 aliphatic carbocycles. The maximum absolute atomic E-state index is 13.8. The first-order valence-electron chi connectivity index (χ1n) is 12.7. The van der Waals surface area contributed by atoms with Crippen LogP contribution in [0.15, 0.2) is 69.6 Å². The van der Waals surface area contributed by atoms with E-state index in [-0.39, 0.29) is 12.2 Å². The highest BCUT2D eigenvalue weighted by Gasteiger charge is 2.33. The van der Waals surface area contributed by atoms with Gasteiger partial charge in [-0.3, -0.25) is 9.36 Å². The molecule has 5 rings (SSSR count). The van der Waals surface area contributed by atoms with E-state index in [1.807, 2.05) is 30.3 Å². The minimum Gasteiger partial charge on any atom is -0.497 e. The highest BCUT2D eigenvalue weighted by atomic mass is 32.1. The lowest BCUT2D eigenvalue weighted by molar-refractivity contribution is -0.139.